The minimum absolute atomic E-state index is 0.176. The highest BCUT2D eigenvalue weighted by atomic mass is 16.2. The van der Waals surface area contributed by atoms with Gasteiger partial charge in [-0.1, -0.05) is 0 Å². The molecule has 0 aliphatic carbocycles. The van der Waals surface area contributed by atoms with Gasteiger partial charge in [-0.15, -0.1) is 0 Å². The Labute approximate surface area is 117 Å². The van der Waals surface area contributed by atoms with Crippen molar-refractivity contribution in [1.82, 2.24) is 14.7 Å². The summed E-state index contributed by atoms with van der Waals surface area (Å²) in [6, 6.07) is 0.176. The van der Waals surface area contributed by atoms with Crippen LogP contribution in [0.1, 0.15) is 25.7 Å². The molecule has 19 heavy (non-hydrogen) atoms. The van der Waals surface area contributed by atoms with Crippen molar-refractivity contribution in [3.63, 3.8) is 0 Å². The van der Waals surface area contributed by atoms with Gasteiger partial charge in [0.05, 0.1) is 0 Å². The summed E-state index contributed by atoms with van der Waals surface area (Å²) in [6.07, 6.45) is 3.97. The average Bonchev–Trinajstić information content (AvgIpc) is 2.88. The van der Waals surface area contributed by atoms with Crippen molar-refractivity contribution in [3.05, 3.63) is 0 Å². The van der Waals surface area contributed by atoms with Crippen LogP contribution >= 0.6 is 0 Å². The lowest BCUT2D eigenvalue weighted by Gasteiger charge is -2.28. The molecule has 1 aliphatic rings. The van der Waals surface area contributed by atoms with Gasteiger partial charge in [-0.3, -0.25) is 4.79 Å². The normalized spacial score (nSPS) is 17.5. The third kappa shape index (κ3) is 5.89. The third-order valence-corrected chi connectivity index (χ3v) is 3.88. The Morgan fingerprint density at radius 2 is 1.84 bits per heavy atom. The van der Waals surface area contributed by atoms with Crippen molar-refractivity contribution in [3.8, 4) is 0 Å². The summed E-state index contributed by atoms with van der Waals surface area (Å²) in [5.74, 6) is 0.271. The molecule has 1 unspecified atom stereocenters. The average molecular weight is 270 g/mol. The van der Waals surface area contributed by atoms with Crippen molar-refractivity contribution in [2.45, 2.75) is 31.7 Å². The standard InChI is InChI=1S/C14H30N4O/c1-16(2)7-6-8-17(3)13(12-15)11-14(19)18-9-4-5-10-18/h13H,4-12,15H2,1-3H3. The zero-order valence-corrected chi connectivity index (χ0v) is 12.8. The molecule has 1 fully saturated rings. The second kappa shape index (κ2) is 8.51. The second-order valence-corrected chi connectivity index (χ2v) is 5.82. The SMILES string of the molecule is CN(C)CCCN(C)C(CN)CC(=O)N1CCCC1. The quantitative estimate of drug-likeness (QED) is 0.685. The fourth-order valence-corrected chi connectivity index (χ4v) is 2.54. The van der Waals surface area contributed by atoms with E-state index in [4.69, 9.17) is 5.73 Å². The Morgan fingerprint density at radius 3 is 2.37 bits per heavy atom. The van der Waals surface area contributed by atoms with E-state index in [2.05, 4.69) is 30.9 Å². The predicted octanol–water partition coefficient (Wildman–Crippen LogP) is 0.210. The minimum Gasteiger partial charge on any atom is -0.343 e. The van der Waals surface area contributed by atoms with Gasteiger partial charge in [0.1, 0.15) is 0 Å². The Morgan fingerprint density at radius 1 is 1.21 bits per heavy atom. The molecule has 1 saturated heterocycles. The van der Waals surface area contributed by atoms with Gasteiger partial charge in [0.25, 0.3) is 0 Å². The monoisotopic (exact) mass is 270 g/mol. The van der Waals surface area contributed by atoms with Gasteiger partial charge in [0.2, 0.25) is 5.91 Å². The van der Waals surface area contributed by atoms with Crippen LogP contribution < -0.4 is 5.73 Å². The molecule has 0 aromatic heterocycles. The summed E-state index contributed by atoms with van der Waals surface area (Å²) in [7, 11) is 6.24. The van der Waals surface area contributed by atoms with E-state index in [1.807, 2.05) is 4.90 Å². The first-order valence-electron chi connectivity index (χ1n) is 7.37. The summed E-state index contributed by atoms with van der Waals surface area (Å²) >= 11 is 0. The van der Waals surface area contributed by atoms with Gasteiger partial charge >= 0.3 is 0 Å². The number of likely N-dealkylation sites (N-methyl/N-ethyl adjacent to an activating group) is 1. The Bertz CT molecular complexity index is 264. The number of carbonyl (C=O) groups is 1. The van der Waals surface area contributed by atoms with E-state index >= 15 is 0 Å². The van der Waals surface area contributed by atoms with E-state index in [0.29, 0.717) is 13.0 Å². The molecule has 1 amide bonds. The van der Waals surface area contributed by atoms with Gasteiger partial charge in [-0.2, -0.15) is 0 Å². The van der Waals surface area contributed by atoms with E-state index < -0.39 is 0 Å². The van der Waals surface area contributed by atoms with E-state index in [1.165, 1.54) is 0 Å². The van der Waals surface area contributed by atoms with Gasteiger partial charge < -0.3 is 20.4 Å². The van der Waals surface area contributed by atoms with Crippen LogP contribution in [0.3, 0.4) is 0 Å². The molecule has 1 rings (SSSR count). The molecule has 1 aliphatic heterocycles. The molecular formula is C14H30N4O. The van der Waals surface area contributed by atoms with Crippen LogP contribution in [0.4, 0.5) is 0 Å². The van der Waals surface area contributed by atoms with Crippen molar-refractivity contribution in [2.24, 2.45) is 5.73 Å². The van der Waals surface area contributed by atoms with E-state index in [9.17, 15) is 4.79 Å². The fourth-order valence-electron chi connectivity index (χ4n) is 2.54. The first-order chi connectivity index (χ1) is 9.04. The zero-order valence-electron chi connectivity index (χ0n) is 12.8. The molecule has 0 spiro atoms. The van der Waals surface area contributed by atoms with Gasteiger partial charge in [0, 0.05) is 32.1 Å². The van der Waals surface area contributed by atoms with Crippen LogP contribution in [-0.2, 0) is 4.79 Å². The van der Waals surface area contributed by atoms with Gasteiger partial charge in [0.15, 0.2) is 0 Å². The Balaban J connectivity index is 2.32. The summed E-state index contributed by atoms with van der Waals surface area (Å²) in [6.45, 7) is 4.48. The summed E-state index contributed by atoms with van der Waals surface area (Å²) in [5, 5.41) is 0. The van der Waals surface area contributed by atoms with Crippen LogP contribution in [0.2, 0.25) is 0 Å². The number of likely N-dealkylation sites (tertiary alicyclic amines) is 1. The number of rotatable bonds is 8. The van der Waals surface area contributed by atoms with Crippen molar-refractivity contribution < 1.29 is 4.79 Å². The molecule has 2 N–H and O–H groups in total. The maximum atomic E-state index is 12.1. The number of hydrogen-bond donors (Lipinski definition) is 1. The largest absolute Gasteiger partial charge is 0.343 e. The number of hydrogen-bond acceptors (Lipinski definition) is 4. The molecule has 0 aromatic rings. The van der Waals surface area contributed by atoms with E-state index in [-0.39, 0.29) is 11.9 Å². The number of carbonyl (C=O) groups excluding carboxylic acids is 1. The molecule has 5 nitrogen and oxygen atoms in total. The predicted molar refractivity (Wildman–Crippen MR) is 79.1 cm³/mol. The molecule has 0 saturated carbocycles. The molecule has 5 heteroatoms. The van der Waals surface area contributed by atoms with E-state index in [0.717, 1.165) is 45.4 Å². The minimum atomic E-state index is 0.176. The van der Waals surface area contributed by atoms with Crippen LogP contribution in [0.15, 0.2) is 0 Å². The molecular weight excluding hydrogens is 240 g/mol. The highest BCUT2D eigenvalue weighted by molar-refractivity contribution is 5.77. The Kier molecular flexibility index (Phi) is 7.34. The highest BCUT2D eigenvalue weighted by Crippen LogP contribution is 2.11. The molecule has 112 valence electrons. The smallest absolute Gasteiger partial charge is 0.224 e. The van der Waals surface area contributed by atoms with Crippen LogP contribution in [-0.4, -0.2) is 80.5 Å². The van der Waals surface area contributed by atoms with Crippen molar-refractivity contribution in [1.29, 1.82) is 0 Å². The van der Waals surface area contributed by atoms with Crippen LogP contribution in [0.25, 0.3) is 0 Å². The lowest BCUT2D eigenvalue weighted by atomic mass is 10.1. The highest BCUT2D eigenvalue weighted by Gasteiger charge is 2.23. The van der Waals surface area contributed by atoms with Crippen molar-refractivity contribution >= 4 is 5.91 Å². The molecule has 0 radical (unpaired) electrons. The third-order valence-electron chi connectivity index (χ3n) is 3.88. The maximum absolute atomic E-state index is 12.1. The molecule has 0 aromatic carbocycles. The lowest BCUT2D eigenvalue weighted by molar-refractivity contribution is -0.131. The van der Waals surface area contributed by atoms with E-state index in [1.54, 1.807) is 0 Å². The fraction of sp³-hybridized carbons (Fsp3) is 0.929. The molecule has 0 bridgehead atoms. The van der Waals surface area contributed by atoms with Crippen LogP contribution in [0.5, 0.6) is 0 Å². The number of amides is 1. The lowest BCUT2D eigenvalue weighted by Crippen LogP contribution is -2.43. The molecule has 1 heterocycles. The first kappa shape index (κ1) is 16.4. The van der Waals surface area contributed by atoms with Crippen LogP contribution in [0, 0.1) is 0 Å². The molecule has 1 atom stereocenters. The first-order valence-corrected chi connectivity index (χ1v) is 7.37. The Hall–Kier alpha value is -0.650. The van der Waals surface area contributed by atoms with Gasteiger partial charge in [-0.05, 0) is 53.5 Å². The van der Waals surface area contributed by atoms with Crippen molar-refractivity contribution in [2.75, 3.05) is 53.9 Å². The second-order valence-electron chi connectivity index (χ2n) is 5.82. The number of nitrogens with two attached hydrogens (primary N) is 1. The summed E-state index contributed by atoms with van der Waals surface area (Å²) in [5.41, 5.74) is 5.83. The maximum Gasteiger partial charge on any atom is 0.224 e. The zero-order chi connectivity index (χ0) is 14.3. The van der Waals surface area contributed by atoms with Gasteiger partial charge in [-0.25, -0.2) is 0 Å². The summed E-state index contributed by atoms with van der Waals surface area (Å²) in [4.78, 5) is 18.5. The summed E-state index contributed by atoms with van der Waals surface area (Å²) < 4.78 is 0. The topological polar surface area (TPSA) is 52.8 Å². The number of nitrogens with zero attached hydrogens (tertiary/aromatic N) is 3.